The van der Waals surface area contributed by atoms with Crippen LogP contribution in [0.2, 0.25) is 5.02 Å². The number of ether oxygens (including phenoxy) is 1. The number of nitrogens with one attached hydrogen (secondary N) is 1. The number of carbonyl (C=O) groups excluding carboxylic acids is 1. The Morgan fingerprint density at radius 2 is 1.73 bits per heavy atom. The first kappa shape index (κ1) is 19.7. The molecule has 4 rings (SSSR count). The molecule has 2 aromatic carbocycles. The van der Waals surface area contributed by atoms with E-state index >= 15 is 0 Å². The second-order valence-electron chi connectivity index (χ2n) is 6.57. The SMILES string of the molecule is COc1ccc(-c2cc(C(=O)NCc3ccncc3)n(-c3ccc(Cl)cc3)n2)cc1. The number of amides is 1. The molecule has 0 aliphatic carbocycles. The molecule has 0 aliphatic rings. The van der Waals surface area contributed by atoms with E-state index in [0.29, 0.717) is 23.0 Å². The Labute approximate surface area is 179 Å². The molecule has 150 valence electrons. The Hall–Kier alpha value is -3.64. The standard InChI is InChI=1S/C23H19ClN4O2/c1-30-20-8-2-17(3-9-20)21-14-22(23(29)26-15-16-10-12-25-13-11-16)28(27-21)19-6-4-18(24)5-7-19/h2-14H,15H2,1H3,(H,26,29). The molecule has 0 unspecified atom stereocenters. The summed E-state index contributed by atoms with van der Waals surface area (Å²) in [6, 6.07) is 20.2. The van der Waals surface area contributed by atoms with E-state index in [1.165, 1.54) is 0 Å². The molecule has 6 nitrogen and oxygen atoms in total. The maximum absolute atomic E-state index is 13.0. The first-order valence-corrected chi connectivity index (χ1v) is 9.69. The van der Waals surface area contributed by atoms with Crippen LogP contribution in [0.1, 0.15) is 16.1 Å². The van der Waals surface area contributed by atoms with Crippen LogP contribution in [0, 0.1) is 0 Å². The molecule has 0 fully saturated rings. The van der Waals surface area contributed by atoms with E-state index < -0.39 is 0 Å². The normalized spacial score (nSPS) is 10.6. The van der Waals surface area contributed by atoms with Gasteiger partial charge in [0.2, 0.25) is 0 Å². The molecular formula is C23H19ClN4O2. The summed E-state index contributed by atoms with van der Waals surface area (Å²) in [5, 5.41) is 8.24. The van der Waals surface area contributed by atoms with Gasteiger partial charge in [0, 0.05) is 29.5 Å². The second kappa shape index (κ2) is 8.80. The zero-order valence-corrected chi connectivity index (χ0v) is 17.0. The van der Waals surface area contributed by atoms with E-state index in [2.05, 4.69) is 15.4 Å². The number of hydrogen-bond donors (Lipinski definition) is 1. The third-order valence-electron chi connectivity index (χ3n) is 4.60. The summed E-state index contributed by atoms with van der Waals surface area (Å²) >= 11 is 6.02. The van der Waals surface area contributed by atoms with Crippen LogP contribution in [-0.2, 0) is 6.54 Å². The second-order valence-corrected chi connectivity index (χ2v) is 7.01. The van der Waals surface area contributed by atoms with Crippen LogP contribution in [0.15, 0.2) is 79.1 Å². The van der Waals surface area contributed by atoms with Crippen LogP contribution in [0.4, 0.5) is 0 Å². The molecule has 0 atom stereocenters. The van der Waals surface area contributed by atoms with E-state index in [-0.39, 0.29) is 5.91 Å². The molecule has 0 saturated carbocycles. The van der Waals surface area contributed by atoms with E-state index in [1.54, 1.807) is 42.4 Å². The van der Waals surface area contributed by atoms with Crippen molar-refractivity contribution in [3.63, 3.8) is 0 Å². The summed E-state index contributed by atoms with van der Waals surface area (Å²) in [6.07, 6.45) is 3.39. The van der Waals surface area contributed by atoms with Gasteiger partial charge in [0.15, 0.2) is 0 Å². The number of methoxy groups -OCH3 is 1. The van der Waals surface area contributed by atoms with Crippen molar-refractivity contribution in [2.45, 2.75) is 6.54 Å². The molecule has 0 aliphatic heterocycles. The Bertz CT molecular complexity index is 1140. The molecule has 2 heterocycles. The van der Waals surface area contributed by atoms with Gasteiger partial charge >= 0.3 is 0 Å². The molecule has 0 radical (unpaired) electrons. The van der Waals surface area contributed by atoms with Crippen molar-refractivity contribution in [1.29, 1.82) is 0 Å². The fraction of sp³-hybridized carbons (Fsp3) is 0.0870. The predicted octanol–water partition coefficient (Wildman–Crippen LogP) is 4.53. The van der Waals surface area contributed by atoms with Crippen LogP contribution >= 0.6 is 11.6 Å². The minimum absolute atomic E-state index is 0.228. The fourth-order valence-corrected chi connectivity index (χ4v) is 3.12. The lowest BCUT2D eigenvalue weighted by Crippen LogP contribution is -2.25. The molecular weight excluding hydrogens is 400 g/mol. The topological polar surface area (TPSA) is 69.0 Å². The van der Waals surface area contributed by atoms with Crippen LogP contribution in [0.3, 0.4) is 0 Å². The highest BCUT2D eigenvalue weighted by Gasteiger charge is 2.17. The van der Waals surface area contributed by atoms with E-state index in [9.17, 15) is 4.79 Å². The first-order chi connectivity index (χ1) is 14.6. The van der Waals surface area contributed by atoms with Crippen molar-refractivity contribution in [1.82, 2.24) is 20.1 Å². The summed E-state index contributed by atoms with van der Waals surface area (Å²) < 4.78 is 6.84. The average molecular weight is 419 g/mol. The van der Waals surface area contributed by atoms with Gasteiger partial charge < -0.3 is 10.1 Å². The number of nitrogens with zero attached hydrogens (tertiary/aromatic N) is 3. The zero-order chi connectivity index (χ0) is 20.9. The summed E-state index contributed by atoms with van der Waals surface area (Å²) in [5.41, 5.74) is 3.70. The maximum atomic E-state index is 13.0. The highest BCUT2D eigenvalue weighted by molar-refractivity contribution is 6.30. The van der Waals surface area contributed by atoms with Crippen LogP contribution in [0.5, 0.6) is 5.75 Å². The summed E-state index contributed by atoms with van der Waals surface area (Å²) in [7, 11) is 1.62. The van der Waals surface area contributed by atoms with Gasteiger partial charge in [-0.3, -0.25) is 9.78 Å². The molecule has 1 amide bonds. The van der Waals surface area contributed by atoms with Gasteiger partial charge in [-0.25, -0.2) is 4.68 Å². The van der Waals surface area contributed by atoms with Crippen molar-refractivity contribution in [3.05, 3.63) is 95.4 Å². The van der Waals surface area contributed by atoms with Crippen molar-refractivity contribution < 1.29 is 9.53 Å². The largest absolute Gasteiger partial charge is 0.497 e. The van der Waals surface area contributed by atoms with Gasteiger partial charge in [-0.2, -0.15) is 5.10 Å². The van der Waals surface area contributed by atoms with Crippen molar-refractivity contribution in [2.24, 2.45) is 0 Å². The number of carbonyl (C=O) groups is 1. The zero-order valence-electron chi connectivity index (χ0n) is 16.2. The molecule has 0 spiro atoms. The molecule has 2 aromatic heterocycles. The highest BCUT2D eigenvalue weighted by Crippen LogP contribution is 2.24. The minimum atomic E-state index is -0.228. The lowest BCUT2D eigenvalue weighted by Gasteiger charge is -2.08. The van der Waals surface area contributed by atoms with E-state index in [4.69, 9.17) is 16.3 Å². The van der Waals surface area contributed by atoms with Crippen LogP contribution in [-0.4, -0.2) is 27.8 Å². The van der Waals surface area contributed by atoms with Crippen LogP contribution < -0.4 is 10.1 Å². The molecule has 1 N–H and O–H groups in total. The lowest BCUT2D eigenvalue weighted by molar-refractivity contribution is 0.0943. The van der Waals surface area contributed by atoms with Gasteiger partial charge in [0.1, 0.15) is 11.4 Å². The molecule has 0 saturated heterocycles. The van der Waals surface area contributed by atoms with Crippen LogP contribution in [0.25, 0.3) is 16.9 Å². The number of rotatable bonds is 6. The minimum Gasteiger partial charge on any atom is -0.497 e. The third kappa shape index (κ3) is 4.34. The highest BCUT2D eigenvalue weighted by atomic mass is 35.5. The molecule has 7 heteroatoms. The Kier molecular flexibility index (Phi) is 5.77. The summed E-state index contributed by atoms with van der Waals surface area (Å²) in [4.78, 5) is 17.0. The van der Waals surface area contributed by atoms with Crippen molar-refractivity contribution >= 4 is 17.5 Å². The molecule has 4 aromatic rings. The van der Waals surface area contributed by atoms with Gasteiger partial charge in [-0.05, 0) is 72.3 Å². The molecule has 0 bridgehead atoms. The van der Waals surface area contributed by atoms with Gasteiger partial charge in [0.25, 0.3) is 5.91 Å². The number of hydrogen-bond acceptors (Lipinski definition) is 4. The Balaban J connectivity index is 1.68. The van der Waals surface area contributed by atoms with Gasteiger partial charge in [-0.15, -0.1) is 0 Å². The van der Waals surface area contributed by atoms with Gasteiger partial charge in [-0.1, -0.05) is 11.6 Å². The summed E-state index contributed by atoms with van der Waals surface area (Å²) in [5.74, 6) is 0.528. The number of pyridine rings is 1. The lowest BCUT2D eigenvalue weighted by atomic mass is 10.1. The monoisotopic (exact) mass is 418 g/mol. The Morgan fingerprint density at radius 1 is 1.03 bits per heavy atom. The van der Waals surface area contributed by atoms with Gasteiger partial charge in [0.05, 0.1) is 18.5 Å². The summed E-state index contributed by atoms with van der Waals surface area (Å²) in [6.45, 7) is 0.394. The smallest absolute Gasteiger partial charge is 0.270 e. The first-order valence-electron chi connectivity index (χ1n) is 9.31. The Morgan fingerprint density at radius 3 is 2.40 bits per heavy atom. The predicted molar refractivity (Wildman–Crippen MR) is 116 cm³/mol. The van der Waals surface area contributed by atoms with E-state index in [0.717, 1.165) is 22.6 Å². The number of halogens is 1. The average Bonchev–Trinajstić information content (AvgIpc) is 3.24. The number of benzene rings is 2. The third-order valence-corrected chi connectivity index (χ3v) is 4.85. The number of aromatic nitrogens is 3. The quantitative estimate of drug-likeness (QED) is 0.499. The van der Waals surface area contributed by atoms with E-state index in [1.807, 2.05) is 48.5 Å². The van der Waals surface area contributed by atoms with Crippen molar-refractivity contribution in [2.75, 3.05) is 7.11 Å². The molecule has 30 heavy (non-hydrogen) atoms. The maximum Gasteiger partial charge on any atom is 0.270 e. The van der Waals surface area contributed by atoms with Crippen molar-refractivity contribution in [3.8, 4) is 22.7 Å². The fourth-order valence-electron chi connectivity index (χ4n) is 3.00.